The molecule has 0 spiro atoms. The van der Waals surface area contributed by atoms with Crippen molar-refractivity contribution in [2.24, 2.45) is 9.98 Å². The smallest absolute Gasteiger partial charge is 0.183 e. The maximum atomic E-state index is 4.68. The average Bonchev–Trinajstić information content (AvgIpc) is 3.25. The molecule has 1 N–H and O–H groups in total. The Bertz CT molecular complexity index is 1130. The lowest BCUT2D eigenvalue weighted by atomic mass is 10.0. The Morgan fingerprint density at radius 2 is 1.54 bits per heavy atom. The van der Waals surface area contributed by atoms with E-state index in [1.165, 1.54) is 0 Å². The van der Waals surface area contributed by atoms with Crippen molar-refractivity contribution in [2.45, 2.75) is 6.17 Å². The van der Waals surface area contributed by atoms with E-state index in [1.807, 2.05) is 36.4 Å². The van der Waals surface area contributed by atoms with Gasteiger partial charge in [-0.3, -0.25) is 20.1 Å². The molecule has 1 aliphatic heterocycles. The van der Waals surface area contributed by atoms with Gasteiger partial charge in [-0.1, -0.05) is 24.3 Å². The van der Waals surface area contributed by atoms with Gasteiger partial charge in [-0.05, 0) is 41.5 Å². The number of nitrogens with one attached hydrogen (secondary N) is 1. The van der Waals surface area contributed by atoms with Gasteiger partial charge in [0.25, 0.3) is 0 Å². The van der Waals surface area contributed by atoms with Crippen molar-refractivity contribution in [1.82, 2.24) is 15.2 Å². The van der Waals surface area contributed by atoms with Gasteiger partial charge in [0.2, 0.25) is 0 Å². The number of hydrogen-bond acceptors (Lipinski definition) is 4. The van der Waals surface area contributed by atoms with Crippen LogP contribution in [-0.2, 0) is 0 Å². The van der Waals surface area contributed by atoms with Crippen LogP contribution in [0.3, 0.4) is 0 Å². The summed E-state index contributed by atoms with van der Waals surface area (Å²) in [5, 5.41) is 10.5. The van der Waals surface area contributed by atoms with Gasteiger partial charge in [0, 0.05) is 17.8 Å². The van der Waals surface area contributed by atoms with Crippen LogP contribution in [0.15, 0.2) is 77.0 Å². The average molecular weight is 311 g/mol. The number of rotatable bonds is 2. The Morgan fingerprint density at radius 1 is 0.792 bits per heavy atom. The van der Waals surface area contributed by atoms with Crippen molar-refractivity contribution in [3.05, 3.63) is 83.4 Å². The molecule has 0 saturated heterocycles. The van der Waals surface area contributed by atoms with E-state index in [-0.39, 0.29) is 6.17 Å². The predicted octanol–water partition coefficient (Wildman–Crippen LogP) is 2.58. The molecule has 0 bridgehead atoms. The minimum atomic E-state index is -0.251. The van der Waals surface area contributed by atoms with Gasteiger partial charge in [-0.2, -0.15) is 5.10 Å². The molecule has 4 aromatic rings. The highest BCUT2D eigenvalue weighted by atomic mass is 15.2. The fourth-order valence-electron chi connectivity index (χ4n) is 3.06. The van der Waals surface area contributed by atoms with E-state index in [0.717, 1.165) is 38.4 Å². The van der Waals surface area contributed by atoms with Crippen LogP contribution in [0.25, 0.3) is 22.0 Å². The van der Waals surface area contributed by atoms with Crippen molar-refractivity contribution in [2.75, 3.05) is 0 Å². The molecule has 0 radical (unpaired) electrons. The van der Waals surface area contributed by atoms with Crippen molar-refractivity contribution >= 4 is 10.9 Å². The highest BCUT2D eigenvalue weighted by Gasteiger charge is 2.18. The van der Waals surface area contributed by atoms with E-state index in [4.69, 9.17) is 0 Å². The molecule has 0 amide bonds. The van der Waals surface area contributed by atoms with E-state index in [1.54, 1.807) is 12.4 Å². The monoisotopic (exact) mass is 311 g/mol. The van der Waals surface area contributed by atoms with Gasteiger partial charge in [0.05, 0.1) is 21.9 Å². The molecule has 5 rings (SSSR count). The molecule has 114 valence electrons. The van der Waals surface area contributed by atoms with Gasteiger partial charge in [-0.25, -0.2) is 0 Å². The molecule has 0 aliphatic carbocycles. The van der Waals surface area contributed by atoms with Gasteiger partial charge in [0.1, 0.15) is 0 Å². The second kappa shape index (κ2) is 5.09. The van der Waals surface area contributed by atoms with Gasteiger partial charge in [-0.15, -0.1) is 0 Å². The van der Waals surface area contributed by atoms with Crippen molar-refractivity contribution in [1.29, 1.82) is 0 Å². The minimum Gasteiger partial charge on any atom is -0.277 e. The summed E-state index contributed by atoms with van der Waals surface area (Å²) in [5.41, 5.74) is 4.09. The number of aromatic amines is 1. The summed E-state index contributed by atoms with van der Waals surface area (Å²) in [7, 11) is 0. The molecule has 5 heteroatoms. The quantitative estimate of drug-likeness (QED) is 0.618. The molecule has 2 aromatic carbocycles. The predicted molar refractivity (Wildman–Crippen MR) is 90.8 cm³/mol. The molecule has 1 aliphatic rings. The van der Waals surface area contributed by atoms with Crippen LogP contribution in [0.1, 0.15) is 11.9 Å². The summed E-state index contributed by atoms with van der Waals surface area (Å²) in [6.45, 7) is 0. The van der Waals surface area contributed by atoms with E-state index in [9.17, 15) is 0 Å². The topological polar surface area (TPSA) is 66.3 Å². The van der Waals surface area contributed by atoms with Gasteiger partial charge < -0.3 is 0 Å². The summed E-state index contributed by atoms with van der Waals surface area (Å²) in [6.07, 6.45) is 3.34. The van der Waals surface area contributed by atoms with E-state index in [0.29, 0.717) is 0 Å². The zero-order chi connectivity index (χ0) is 15.9. The van der Waals surface area contributed by atoms with E-state index in [2.05, 4.69) is 43.4 Å². The third-order valence-electron chi connectivity index (χ3n) is 4.26. The van der Waals surface area contributed by atoms with Gasteiger partial charge in [0.15, 0.2) is 6.17 Å². The first-order valence-corrected chi connectivity index (χ1v) is 7.78. The van der Waals surface area contributed by atoms with E-state index >= 15 is 0 Å². The first kappa shape index (κ1) is 13.1. The number of fused-ring (bicyclic) bond motifs is 2. The fourth-order valence-corrected chi connectivity index (χ4v) is 3.06. The molecule has 2 aromatic heterocycles. The van der Waals surface area contributed by atoms with Crippen LogP contribution in [0, 0.1) is 0 Å². The van der Waals surface area contributed by atoms with E-state index < -0.39 is 0 Å². The molecule has 5 nitrogen and oxygen atoms in total. The number of para-hydroxylation sites is 2. The van der Waals surface area contributed by atoms with Crippen LogP contribution in [0.2, 0.25) is 0 Å². The van der Waals surface area contributed by atoms with Crippen LogP contribution >= 0.6 is 0 Å². The first-order valence-electron chi connectivity index (χ1n) is 7.78. The fraction of sp³-hybridized carbons (Fsp3) is 0.0526. The maximum Gasteiger partial charge on any atom is 0.183 e. The van der Waals surface area contributed by atoms with Crippen LogP contribution < -0.4 is 10.7 Å². The first-order chi connectivity index (χ1) is 11.9. The second-order valence-electron chi connectivity index (χ2n) is 5.73. The zero-order valence-electron chi connectivity index (χ0n) is 12.7. The highest BCUT2D eigenvalue weighted by Crippen LogP contribution is 2.29. The SMILES string of the molecule is c1ccc2c(c1)=NC(c1[nH]nc3cc(-c4ccncc4)ccc13)N=2. The molecule has 0 fully saturated rings. The summed E-state index contributed by atoms with van der Waals surface area (Å²) < 4.78 is 0. The standard InChI is InChI=1S/C19H13N5/c1-2-4-16-15(3-1)21-19(22-16)18-14-6-5-13(11-17(14)23-24-18)12-7-9-20-10-8-12/h1-11,19H,(H,23,24). The summed E-state index contributed by atoms with van der Waals surface area (Å²) in [5.74, 6) is 0. The number of nitrogens with zero attached hydrogens (tertiary/aromatic N) is 4. The molecular formula is C19H13N5. The number of hydrogen-bond donors (Lipinski definition) is 1. The van der Waals surface area contributed by atoms with Crippen molar-refractivity contribution in [3.8, 4) is 11.1 Å². The Kier molecular flexibility index (Phi) is 2.79. The lowest BCUT2D eigenvalue weighted by Crippen LogP contribution is -2.19. The Labute approximate surface area is 137 Å². The molecule has 0 saturated carbocycles. The number of aromatic nitrogens is 3. The number of H-pyrrole nitrogens is 1. The summed E-state index contributed by atoms with van der Waals surface area (Å²) in [6, 6.07) is 18.2. The molecule has 0 unspecified atom stereocenters. The number of benzene rings is 2. The Balaban J connectivity index is 1.61. The van der Waals surface area contributed by atoms with Crippen LogP contribution in [-0.4, -0.2) is 15.2 Å². The highest BCUT2D eigenvalue weighted by molar-refractivity contribution is 5.86. The zero-order valence-corrected chi connectivity index (χ0v) is 12.7. The third kappa shape index (κ3) is 2.02. The Morgan fingerprint density at radius 3 is 2.29 bits per heavy atom. The largest absolute Gasteiger partial charge is 0.277 e. The van der Waals surface area contributed by atoms with Crippen LogP contribution in [0.5, 0.6) is 0 Å². The van der Waals surface area contributed by atoms with Crippen molar-refractivity contribution < 1.29 is 0 Å². The van der Waals surface area contributed by atoms with Crippen LogP contribution in [0.4, 0.5) is 0 Å². The molecule has 0 atom stereocenters. The lowest BCUT2D eigenvalue weighted by Gasteiger charge is -2.03. The lowest BCUT2D eigenvalue weighted by molar-refractivity contribution is 0.740. The normalized spacial score (nSPS) is 13.5. The van der Waals surface area contributed by atoms with Crippen molar-refractivity contribution in [3.63, 3.8) is 0 Å². The summed E-state index contributed by atoms with van der Waals surface area (Å²) in [4.78, 5) is 13.4. The third-order valence-corrected chi connectivity index (χ3v) is 4.26. The van der Waals surface area contributed by atoms with Gasteiger partial charge >= 0.3 is 0 Å². The molecular weight excluding hydrogens is 298 g/mol. The minimum absolute atomic E-state index is 0.251. The second-order valence-corrected chi connectivity index (χ2v) is 5.73. The molecule has 3 heterocycles. The molecule has 24 heavy (non-hydrogen) atoms. The maximum absolute atomic E-state index is 4.68. The Hall–Kier alpha value is -3.34. The summed E-state index contributed by atoms with van der Waals surface area (Å²) >= 11 is 0. The number of pyridine rings is 1.